The summed E-state index contributed by atoms with van der Waals surface area (Å²) in [4.78, 5) is 0. The van der Waals surface area contributed by atoms with Gasteiger partial charge in [0.1, 0.15) is 12.9 Å². The van der Waals surface area contributed by atoms with Gasteiger partial charge in [-0.15, -0.1) is 0 Å². The van der Waals surface area contributed by atoms with Crippen LogP contribution >= 0.6 is 0 Å². The van der Waals surface area contributed by atoms with E-state index < -0.39 is 18.6 Å². The van der Waals surface area contributed by atoms with Crippen molar-refractivity contribution in [1.29, 1.82) is 0 Å². The van der Waals surface area contributed by atoms with Crippen LogP contribution in [0.2, 0.25) is 0 Å². The number of nitrogens with zero attached hydrogens (tertiary/aromatic N) is 1. The van der Waals surface area contributed by atoms with Crippen LogP contribution < -0.4 is 4.57 Å². The normalized spacial score (nSPS) is 16.5. The van der Waals surface area contributed by atoms with Gasteiger partial charge in [-0.25, -0.2) is 8.96 Å². The summed E-state index contributed by atoms with van der Waals surface area (Å²) in [6.07, 6.45) is 1.93. The Labute approximate surface area is 149 Å². The minimum atomic E-state index is -2.63. The fourth-order valence-corrected chi connectivity index (χ4v) is 2.91. The molecule has 0 aliphatic carbocycles. The first-order chi connectivity index (χ1) is 13.0. The summed E-state index contributed by atoms with van der Waals surface area (Å²) < 4.78 is 47.3. The van der Waals surface area contributed by atoms with E-state index in [1.807, 2.05) is 42.1 Å². The fourth-order valence-electron chi connectivity index (χ4n) is 2.91. The molecule has 0 spiro atoms. The molecule has 122 valence electrons. The Morgan fingerprint density at radius 1 is 1.08 bits per heavy atom. The summed E-state index contributed by atoms with van der Waals surface area (Å²) >= 11 is 0. The average Bonchev–Trinajstić information content (AvgIpc) is 2.62. The van der Waals surface area contributed by atoms with E-state index in [2.05, 4.69) is 19.1 Å². The molecule has 3 rings (SSSR count). The van der Waals surface area contributed by atoms with Crippen molar-refractivity contribution in [3.05, 3.63) is 77.7 Å². The van der Waals surface area contributed by atoms with Crippen molar-refractivity contribution in [3.63, 3.8) is 0 Å². The van der Waals surface area contributed by atoms with Gasteiger partial charge in [-0.2, -0.15) is 0 Å². The standard InChI is InChI=1S/C22H23FN/c1-15(2)20-13-17(9-11-21(20)23)18-10-12-22(24(4)14-18)19-8-6-5-7-16(19)3/h5-15H,1-4H3/q+1/i1D3,15D. The van der Waals surface area contributed by atoms with Gasteiger partial charge in [0.05, 0.1) is 0 Å². The largest absolute Gasteiger partial charge is 0.212 e. The van der Waals surface area contributed by atoms with Gasteiger partial charge in [-0.1, -0.05) is 38.0 Å². The predicted molar refractivity (Wildman–Crippen MR) is 97.3 cm³/mol. The number of aryl methyl sites for hydroxylation is 2. The van der Waals surface area contributed by atoms with Gasteiger partial charge < -0.3 is 0 Å². The molecule has 0 N–H and O–H groups in total. The lowest BCUT2D eigenvalue weighted by molar-refractivity contribution is -0.659. The van der Waals surface area contributed by atoms with Gasteiger partial charge in [-0.05, 0) is 53.8 Å². The Hall–Kier alpha value is -2.48. The second-order valence-corrected chi connectivity index (χ2v) is 6.05. The van der Waals surface area contributed by atoms with Gasteiger partial charge >= 0.3 is 0 Å². The molecule has 0 aliphatic rings. The van der Waals surface area contributed by atoms with Gasteiger partial charge in [0.25, 0.3) is 0 Å². The predicted octanol–water partition coefficient (Wildman–Crippen LogP) is 5.42. The quantitative estimate of drug-likeness (QED) is 0.567. The van der Waals surface area contributed by atoms with E-state index in [1.165, 1.54) is 19.1 Å². The van der Waals surface area contributed by atoms with Crippen molar-refractivity contribution in [3.8, 4) is 22.4 Å². The van der Waals surface area contributed by atoms with Crippen LogP contribution in [0.4, 0.5) is 4.39 Å². The topological polar surface area (TPSA) is 3.88 Å². The van der Waals surface area contributed by atoms with E-state index in [4.69, 9.17) is 5.48 Å². The van der Waals surface area contributed by atoms with E-state index >= 15 is 0 Å². The van der Waals surface area contributed by atoms with Crippen molar-refractivity contribution in [1.82, 2.24) is 0 Å². The van der Waals surface area contributed by atoms with E-state index in [0.717, 1.165) is 22.4 Å². The van der Waals surface area contributed by atoms with Crippen molar-refractivity contribution < 1.29 is 14.4 Å². The number of hydrogen-bond donors (Lipinski definition) is 0. The molecule has 0 bridgehead atoms. The second kappa shape index (κ2) is 6.56. The minimum Gasteiger partial charge on any atom is -0.207 e. The average molecular weight is 324 g/mol. The summed E-state index contributed by atoms with van der Waals surface area (Å²) in [7, 11) is 1.94. The first kappa shape index (κ1) is 12.0. The lowest BCUT2D eigenvalue weighted by Gasteiger charge is -2.10. The first-order valence-corrected chi connectivity index (χ1v) is 7.88. The molecule has 1 heterocycles. The number of aromatic nitrogens is 1. The maximum atomic E-state index is 14.3. The molecule has 2 aromatic carbocycles. The van der Waals surface area contributed by atoms with Gasteiger partial charge in [0.15, 0.2) is 6.20 Å². The Kier molecular flexibility index (Phi) is 3.27. The zero-order valence-electron chi connectivity index (χ0n) is 18.1. The fraction of sp³-hybridized carbons (Fsp3) is 0.227. The smallest absolute Gasteiger partial charge is 0.207 e. The van der Waals surface area contributed by atoms with E-state index in [0.29, 0.717) is 5.56 Å². The van der Waals surface area contributed by atoms with Crippen LogP contribution in [-0.4, -0.2) is 0 Å². The van der Waals surface area contributed by atoms with Crippen molar-refractivity contribution in [2.24, 2.45) is 7.05 Å². The Morgan fingerprint density at radius 3 is 2.54 bits per heavy atom. The van der Waals surface area contributed by atoms with Gasteiger partial charge in [-0.3, -0.25) is 0 Å². The third-order valence-corrected chi connectivity index (χ3v) is 4.26. The number of benzene rings is 2. The van der Waals surface area contributed by atoms with E-state index in [9.17, 15) is 4.39 Å². The maximum absolute atomic E-state index is 14.3. The number of halogens is 1. The highest BCUT2D eigenvalue weighted by molar-refractivity contribution is 5.66. The van der Waals surface area contributed by atoms with Crippen LogP contribution in [0.25, 0.3) is 22.4 Å². The monoisotopic (exact) mass is 324 g/mol. The summed E-state index contributed by atoms with van der Waals surface area (Å²) in [5.74, 6) is -2.71. The first-order valence-electron chi connectivity index (χ1n) is 9.88. The molecule has 2 heteroatoms. The molecule has 0 radical (unpaired) electrons. The highest BCUT2D eigenvalue weighted by Gasteiger charge is 2.15. The molecular weight excluding hydrogens is 297 g/mol. The zero-order chi connectivity index (χ0) is 20.7. The molecule has 0 amide bonds. The maximum Gasteiger partial charge on any atom is 0.212 e. The summed E-state index contributed by atoms with van der Waals surface area (Å²) in [5.41, 5.74) is 4.69. The molecule has 1 atom stereocenters. The second-order valence-electron chi connectivity index (χ2n) is 6.05. The molecule has 1 nitrogen and oxygen atoms in total. The van der Waals surface area contributed by atoms with Crippen molar-refractivity contribution >= 4 is 0 Å². The lowest BCUT2D eigenvalue weighted by Crippen LogP contribution is -2.30. The third-order valence-electron chi connectivity index (χ3n) is 4.26. The Bertz CT molecular complexity index is 1030. The lowest BCUT2D eigenvalue weighted by atomic mass is 9.97. The molecule has 1 aromatic heterocycles. The molecule has 1 unspecified atom stereocenters. The molecule has 0 aliphatic heterocycles. The number of pyridine rings is 1. The van der Waals surface area contributed by atoms with Crippen LogP contribution in [0, 0.1) is 12.7 Å². The SMILES string of the molecule is [2H]C([2H])([2H])C([2H])(C)c1cc(-c2ccc(-c3ccccc3C)[n+](C)c2)ccc1F. The van der Waals surface area contributed by atoms with E-state index in [1.54, 1.807) is 6.07 Å². The summed E-state index contributed by atoms with van der Waals surface area (Å²) in [6, 6.07) is 16.3. The molecule has 0 saturated carbocycles. The molecule has 24 heavy (non-hydrogen) atoms. The highest BCUT2D eigenvalue weighted by atomic mass is 19.1. The summed E-state index contributed by atoms with van der Waals surface area (Å²) in [5, 5.41) is 0. The molecular formula is C22H23FN+. The van der Waals surface area contributed by atoms with E-state index in [-0.39, 0.29) is 5.56 Å². The molecule has 0 fully saturated rings. The van der Waals surface area contributed by atoms with Crippen LogP contribution in [-0.2, 0) is 7.05 Å². The van der Waals surface area contributed by atoms with Crippen LogP contribution in [0.1, 0.15) is 36.3 Å². The minimum absolute atomic E-state index is 0.129. The van der Waals surface area contributed by atoms with Crippen LogP contribution in [0.5, 0.6) is 0 Å². The third kappa shape index (κ3) is 3.09. The molecule has 3 aromatic rings. The molecule has 0 saturated heterocycles. The van der Waals surface area contributed by atoms with Crippen LogP contribution in [0.3, 0.4) is 0 Å². The number of hydrogen-bond acceptors (Lipinski definition) is 0. The van der Waals surface area contributed by atoms with Crippen molar-refractivity contribution in [2.45, 2.75) is 26.6 Å². The zero-order valence-corrected chi connectivity index (χ0v) is 14.1. The van der Waals surface area contributed by atoms with Crippen molar-refractivity contribution in [2.75, 3.05) is 0 Å². The van der Waals surface area contributed by atoms with Gasteiger partial charge in [0.2, 0.25) is 5.69 Å². The highest BCUT2D eigenvalue weighted by Crippen LogP contribution is 2.27. The Balaban J connectivity index is 2.07. The van der Waals surface area contributed by atoms with Crippen LogP contribution in [0.15, 0.2) is 60.8 Å². The number of rotatable bonds is 3. The Morgan fingerprint density at radius 2 is 1.83 bits per heavy atom. The summed E-state index contributed by atoms with van der Waals surface area (Å²) in [6.45, 7) is 0.648. The van der Waals surface area contributed by atoms with Gasteiger partial charge in [0, 0.05) is 22.7 Å².